The van der Waals surface area contributed by atoms with Gasteiger partial charge in [-0.15, -0.1) is 0 Å². The summed E-state index contributed by atoms with van der Waals surface area (Å²) in [6.45, 7) is 2.11. The molecule has 4 saturated carbocycles. The Morgan fingerprint density at radius 1 is 0.367 bits per heavy atom. The molecular formula is C36H75N4NaO17S2. The number of carboxylic acids is 4. The van der Waals surface area contributed by atoms with Gasteiger partial charge in [0, 0.05) is 0 Å². The van der Waals surface area contributed by atoms with E-state index in [1.165, 1.54) is 25.7 Å². The van der Waals surface area contributed by atoms with Gasteiger partial charge in [0.25, 0.3) is 0 Å². The van der Waals surface area contributed by atoms with Crippen molar-refractivity contribution < 1.29 is 80.1 Å². The molecule has 0 amide bonds. The van der Waals surface area contributed by atoms with Crippen LogP contribution in [0.5, 0.6) is 0 Å². The van der Waals surface area contributed by atoms with Crippen LogP contribution in [0.3, 0.4) is 0 Å². The molecule has 4 aliphatic rings. The molecule has 4 aliphatic carbocycles. The van der Waals surface area contributed by atoms with Gasteiger partial charge >= 0.3 is 74.2 Å². The molecule has 0 heterocycles. The number of nitrogens with two attached hydrogens (primary N) is 4. The summed E-state index contributed by atoms with van der Waals surface area (Å²) in [6, 6.07) is 0. The Morgan fingerprint density at radius 3 is 0.567 bits per heavy atom. The van der Waals surface area contributed by atoms with Crippen LogP contribution >= 0.6 is 0 Å². The summed E-state index contributed by atoms with van der Waals surface area (Å²) in [5, 5.41) is 34.8. The van der Waals surface area contributed by atoms with Crippen molar-refractivity contribution in [1.82, 2.24) is 0 Å². The van der Waals surface area contributed by atoms with E-state index in [1.807, 2.05) is 0 Å². The zero-order valence-corrected chi connectivity index (χ0v) is 35.9. The number of carboxylic acid groups (broad SMARTS) is 4. The van der Waals surface area contributed by atoms with E-state index in [4.69, 9.17) is 78.4 Å². The number of carbonyl (C=O) groups is 4. The topological polar surface area (TPSA) is 434 Å². The Hall–Kier alpha value is -1.58. The predicted molar refractivity (Wildman–Crippen MR) is 226 cm³/mol. The summed E-state index contributed by atoms with van der Waals surface area (Å²) in [5.74, 6) is -2.82. The number of aliphatic carboxylic acids is 4. The van der Waals surface area contributed by atoms with Crippen LogP contribution in [-0.2, 0) is 40.0 Å². The van der Waals surface area contributed by atoms with E-state index in [0.29, 0.717) is 26.2 Å². The van der Waals surface area contributed by atoms with Crippen molar-refractivity contribution in [2.24, 2.45) is 44.6 Å². The normalized spacial score (nSPS) is 19.6. The Morgan fingerprint density at radius 2 is 0.483 bits per heavy atom. The van der Waals surface area contributed by atoms with Gasteiger partial charge < -0.3 is 48.8 Å². The third-order valence-electron chi connectivity index (χ3n) is 11.5. The van der Waals surface area contributed by atoms with Crippen LogP contribution in [0, 0.1) is 21.7 Å². The maximum absolute atomic E-state index is 10.6. The second-order valence-corrected chi connectivity index (χ2v) is 18.0. The molecule has 0 bridgehead atoms. The van der Waals surface area contributed by atoms with E-state index in [0.717, 1.165) is 103 Å². The Labute approximate surface area is 377 Å². The van der Waals surface area contributed by atoms with Gasteiger partial charge in [-0.2, -0.15) is 16.8 Å². The molecule has 0 unspecified atom stereocenters. The van der Waals surface area contributed by atoms with Gasteiger partial charge in [-0.1, -0.05) is 77.0 Å². The quantitative estimate of drug-likeness (QED) is 0.0988. The maximum atomic E-state index is 10.6. The Balaban J connectivity index is -0.000000321. The fourth-order valence-corrected chi connectivity index (χ4v) is 8.30. The average molecular weight is 923 g/mol. The van der Waals surface area contributed by atoms with Gasteiger partial charge in [0.2, 0.25) is 0 Å². The van der Waals surface area contributed by atoms with Crippen LogP contribution < -0.4 is 22.9 Å². The molecule has 18 N–H and O–H groups in total. The number of rotatable bonds is 12. The molecule has 24 heteroatoms. The van der Waals surface area contributed by atoms with Gasteiger partial charge in [0.05, 0.1) is 25.7 Å². The monoisotopic (exact) mass is 922 g/mol. The average Bonchev–Trinajstić information content (AvgIpc) is 3.11. The van der Waals surface area contributed by atoms with E-state index < -0.39 is 44.7 Å². The number of hydrogen-bond donors (Lipinski definition) is 12. The molecule has 0 aromatic rings. The van der Waals surface area contributed by atoms with Crippen LogP contribution in [-0.4, -0.2) is 141 Å². The summed E-state index contributed by atoms with van der Waals surface area (Å²) < 4.78 is 63.2. The molecule has 0 aromatic carbocycles. The van der Waals surface area contributed by atoms with Crippen molar-refractivity contribution in [2.45, 2.75) is 154 Å². The summed E-state index contributed by atoms with van der Waals surface area (Å²) in [4.78, 5) is 42.3. The molecule has 0 radical (unpaired) electrons. The molecule has 0 aromatic heterocycles. The molecular weight excluding hydrogens is 848 g/mol. The first-order valence-corrected chi connectivity index (χ1v) is 22.6. The number of hydrogen-bond acceptors (Lipinski definition) is 12. The standard InChI is InChI=1S/4C9H17NO2.Na.2H2O4S.H2O.H/c4*10-7-9(6-8(11)12)4-2-1-3-5-9;;2*1-5(2,3)4;;/h4*1-7,10H2,(H,11,12);;2*(H2,1,2,3,4);1H2;. The molecule has 21 nitrogen and oxygen atoms in total. The van der Waals surface area contributed by atoms with E-state index >= 15 is 0 Å². The first kappa shape index (κ1) is 65.0. The third kappa shape index (κ3) is 34.9. The first-order chi connectivity index (χ1) is 26.7. The molecule has 0 atom stereocenters. The molecule has 0 aliphatic heterocycles. The predicted octanol–water partition coefficient (Wildman–Crippen LogP) is 2.70. The van der Waals surface area contributed by atoms with E-state index in [1.54, 1.807) is 0 Å². The fraction of sp³-hybridized carbons (Fsp3) is 0.889. The van der Waals surface area contributed by atoms with E-state index in [9.17, 15) is 19.2 Å². The SMILES string of the molecule is NCC1(CC(=O)O)CCCCC1.NCC1(CC(=O)O)CCCCC1.NCC1(CC(=O)O)CCCCC1.NCC1(CC(=O)O)CCCCC1.O.O=S(=O)(O)O.O=S(=O)(O)O.[NaH]. The summed E-state index contributed by atoms with van der Waals surface area (Å²) >= 11 is 0. The van der Waals surface area contributed by atoms with Crippen LogP contribution in [0.4, 0.5) is 0 Å². The van der Waals surface area contributed by atoms with Crippen molar-refractivity contribution in [3.63, 3.8) is 0 Å². The van der Waals surface area contributed by atoms with Gasteiger partial charge in [-0.3, -0.25) is 37.4 Å². The van der Waals surface area contributed by atoms with Crippen molar-refractivity contribution in [3.8, 4) is 0 Å². The van der Waals surface area contributed by atoms with Crippen molar-refractivity contribution in [2.75, 3.05) is 26.2 Å². The van der Waals surface area contributed by atoms with Gasteiger partial charge in [-0.25, -0.2) is 0 Å². The van der Waals surface area contributed by atoms with E-state index in [-0.39, 0.29) is 82.4 Å². The van der Waals surface area contributed by atoms with Crippen molar-refractivity contribution in [1.29, 1.82) is 0 Å². The Kier molecular flexibility index (Phi) is 35.8. The molecule has 0 spiro atoms. The van der Waals surface area contributed by atoms with Crippen LogP contribution in [0.15, 0.2) is 0 Å². The Bertz CT molecular complexity index is 1220. The van der Waals surface area contributed by atoms with Gasteiger partial charge in [-0.05, 0) is 99.2 Å². The zero-order valence-electron chi connectivity index (χ0n) is 34.3. The molecule has 4 fully saturated rings. The van der Waals surface area contributed by atoms with Gasteiger partial charge in [0.15, 0.2) is 0 Å². The van der Waals surface area contributed by atoms with E-state index in [2.05, 4.69) is 0 Å². The minimum absolute atomic E-state index is 0. The fourth-order valence-electron chi connectivity index (χ4n) is 8.30. The molecule has 0 saturated heterocycles. The third-order valence-corrected chi connectivity index (χ3v) is 11.5. The summed E-state index contributed by atoms with van der Waals surface area (Å²) in [6.07, 6.45) is 23.1. The van der Waals surface area contributed by atoms with Gasteiger partial charge in [0.1, 0.15) is 0 Å². The van der Waals surface area contributed by atoms with Crippen LogP contribution in [0.25, 0.3) is 0 Å². The van der Waals surface area contributed by atoms with Crippen molar-refractivity contribution >= 4 is 74.2 Å². The molecule has 4 rings (SSSR count). The zero-order chi connectivity index (χ0) is 45.1. The summed E-state index contributed by atoms with van der Waals surface area (Å²) in [7, 11) is -9.33. The van der Waals surface area contributed by atoms with Crippen molar-refractivity contribution in [3.05, 3.63) is 0 Å². The molecule has 354 valence electrons. The minimum atomic E-state index is -4.67. The first-order valence-electron chi connectivity index (χ1n) is 19.8. The summed E-state index contributed by atoms with van der Waals surface area (Å²) in [5.41, 5.74) is 22.2. The van der Waals surface area contributed by atoms with Crippen LogP contribution in [0.2, 0.25) is 0 Å². The second-order valence-electron chi connectivity index (χ2n) is 16.2. The van der Waals surface area contributed by atoms with Crippen LogP contribution in [0.1, 0.15) is 154 Å². The second kappa shape index (κ2) is 33.0. The molecule has 60 heavy (non-hydrogen) atoms.